The average Bonchev–Trinajstić information content (AvgIpc) is 2.64. The first-order valence-corrected chi connectivity index (χ1v) is 9.52. The molecule has 1 amide bonds. The van der Waals surface area contributed by atoms with E-state index in [2.05, 4.69) is 16.3 Å². The van der Waals surface area contributed by atoms with Crippen molar-refractivity contribution in [1.29, 1.82) is 0 Å². The highest BCUT2D eigenvalue weighted by Gasteiger charge is 2.25. The molecule has 0 aliphatic carbocycles. The minimum atomic E-state index is 0.00880. The highest BCUT2D eigenvalue weighted by Crippen LogP contribution is 2.22. The molecule has 5 heteroatoms. The number of anilines is 1. The molecule has 0 saturated carbocycles. The van der Waals surface area contributed by atoms with E-state index in [1.807, 2.05) is 49.4 Å². The molecule has 1 saturated heterocycles. The van der Waals surface area contributed by atoms with Crippen LogP contribution in [0.5, 0.6) is 5.75 Å². The number of hydrogen-bond acceptors (Lipinski definition) is 3. The van der Waals surface area contributed by atoms with Crippen LogP contribution in [0.4, 0.5) is 5.69 Å². The Labute approximate surface area is 160 Å². The van der Waals surface area contributed by atoms with Gasteiger partial charge in [-0.05, 0) is 68.3 Å². The quantitative estimate of drug-likeness (QED) is 0.806. The number of nitrogens with zero attached hydrogens (tertiary/aromatic N) is 1. The van der Waals surface area contributed by atoms with Crippen molar-refractivity contribution in [3.8, 4) is 5.75 Å². The van der Waals surface area contributed by atoms with Crippen molar-refractivity contribution in [3.05, 3.63) is 59.1 Å². The molecule has 4 nitrogen and oxygen atoms in total. The van der Waals surface area contributed by atoms with E-state index < -0.39 is 0 Å². The molecule has 0 spiro atoms. The Bertz CT molecular complexity index is 733. The van der Waals surface area contributed by atoms with E-state index in [0.29, 0.717) is 6.61 Å². The fourth-order valence-electron chi connectivity index (χ4n) is 3.35. The molecule has 2 aromatic carbocycles. The SMILES string of the molecule is CCOc1ccc(NC(=O)C2CCCN(Cc3cccc(Cl)c3)C2)cc1. The number of benzene rings is 2. The van der Waals surface area contributed by atoms with E-state index in [9.17, 15) is 4.79 Å². The van der Waals surface area contributed by atoms with Crippen LogP contribution in [0.3, 0.4) is 0 Å². The zero-order chi connectivity index (χ0) is 18.4. The van der Waals surface area contributed by atoms with Crippen molar-refractivity contribution in [2.45, 2.75) is 26.3 Å². The van der Waals surface area contributed by atoms with Crippen molar-refractivity contribution in [1.82, 2.24) is 4.90 Å². The predicted molar refractivity (Wildman–Crippen MR) is 106 cm³/mol. The second kappa shape index (κ2) is 9.06. The van der Waals surface area contributed by atoms with Crippen LogP contribution in [0.25, 0.3) is 0 Å². The lowest BCUT2D eigenvalue weighted by molar-refractivity contribution is -0.121. The number of likely N-dealkylation sites (tertiary alicyclic amines) is 1. The van der Waals surface area contributed by atoms with Gasteiger partial charge in [0.15, 0.2) is 0 Å². The lowest BCUT2D eigenvalue weighted by Gasteiger charge is -2.32. The number of carbonyl (C=O) groups is 1. The lowest BCUT2D eigenvalue weighted by atomic mass is 9.96. The number of amides is 1. The molecule has 1 aliphatic rings. The number of piperidine rings is 1. The highest BCUT2D eigenvalue weighted by molar-refractivity contribution is 6.30. The Kier molecular flexibility index (Phi) is 6.53. The molecule has 1 unspecified atom stereocenters. The molecule has 0 radical (unpaired) electrons. The smallest absolute Gasteiger partial charge is 0.228 e. The molecule has 1 heterocycles. The van der Waals surface area contributed by atoms with Gasteiger partial charge < -0.3 is 10.1 Å². The largest absolute Gasteiger partial charge is 0.494 e. The Hall–Kier alpha value is -2.04. The zero-order valence-corrected chi connectivity index (χ0v) is 15.8. The van der Waals surface area contributed by atoms with Gasteiger partial charge in [0.1, 0.15) is 5.75 Å². The first-order valence-electron chi connectivity index (χ1n) is 9.14. The third-order valence-electron chi connectivity index (χ3n) is 4.60. The standard InChI is InChI=1S/C21H25ClN2O2/c1-2-26-20-10-8-19(9-11-20)23-21(25)17-6-4-12-24(15-17)14-16-5-3-7-18(22)13-16/h3,5,7-11,13,17H,2,4,6,12,14-15H2,1H3,(H,23,25). The summed E-state index contributed by atoms with van der Waals surface area (Å²) >= 11 is 6.07. The van der Waals surface area contributed by atoms with Gasteiger partial charge in [-0.2, -0.15) is 0 Å². The summed E-state index contributed by atoms with van der Waals surface area (Å²) in [6.07, 6.45) is 1.96. The van der Waals surface area contributed by atoms with Gasteiger partial charge in [-0.3, -0.25) is 9.69 Å². The maximum atomic E-state index is 12.6. The van der Waals surface area contributed by atoms with Crippen molar-refractivity contribution in [2.75, 3.05) is 25.0 Å². The number of halogens is 1. The second-order valence-electron chi connectivity index (χ2n) is 6.65. The van der Waals surface area contributed by atoms with Crippen LogP contribution in [0.15, 0.2) is 48.5 Å². The summed E-state index contributed by atoms with van der Waals surface area (Å²) < 4.78 is 5.43. The summed E-state index contributed by atoms with van der Waals surface area (Å²) in [6.45, 7) is 5.20. The molecule has 1 aliphatic heterocycles. The molecule has 0 bridgehead atoms. The van der Waals surface area contributed by atoms with Crippen molar-refractivity contribution >= 4 is 23.2 Å². The van der Waals surface area contributed by atoms with Crippen LogP contribution < -0.4 is 10.1 Å². The van der Waals surface area contributed by atoms with Crippen molar-refractivity contribution < 1.29 is 9.53 Å². The summed E-state index contributed by atoms with van der Waals surface area (Å²) in [7, 11) is 0. The Morgan fingerprint density at radius 2 is 2.08 bits per heavy atom. The van der Waals surface area contributed by atoms with Gasteiger partial charge in [0.2, 0.25) is 5.91 Å². The Morgan fingerprint density at radius 3 is 2.81 bits per heavy atom. The second-order valence-corrected chi connectivity index (χ2v) is 7.09. The summed E-state index contributed by atoms with van der Waals surface area (Å²) in [4.78, 5) is 15.0. The number of carbonyl (C=O) groups excluding carboxylic acids is 1. The molecule has 1 fully saturated rings. The van der Waals surface area contributed by atoms with Gasteiger partial charge in [0.25, 0.3) is 0 Å². The normalized spacial score (nSPS) is 17.7. The third-order valence-corrected chi connectivity index (χ3v) is 4.84. The molecule has 1 N–H and O–H groups in total. The van der Waals surface area contributed by atoms with Gasteiger partial charge in [0, 0.05) is 23.8 Å². The fourth-order valence-corrected chi connectivity index (χ4v) is 3.57. The van der Waals surface area contributed by atoms with Crippen LogP contribution in [0, 0.1) is 5.92 Å². The Balaban J connectivity index is 1.55. The highest BCUT2D eigenvalue weighted by atomic mass is 35.5. The molecule has 1 atom stereocenters. The van der Waals surface area contributed by atoms with Gasteiger partial charge in [-0.15, -0.1) is 0 Å². The maximum absolute atomic E-state index is 12.6. The number of nitrogens with one attached hydrogen (secondary N) is 1. The maximum Gasteiger partial charge on any atom is 0.228 e. The molecular formula is C21H25ClN2O2. The molecule has 26 heavy (non-hydrogen) atoms. The topological polar surface area (TPSA) is 41.6 Å². The van der Waals surface area contributed by atoms with E-state index >= 15 is 0 Å². The molecule has 3 rings (SSSR count). The van der Waals surface area contributed by atoms with Crippen LogP contribution in [-0.4, -0.2) is 30.5 Å². The summed E-state index contributed by atoms with van der Waals surface area (Å²) in [6, 6.07) is 15.5. The molecule has 2 aromatic rings. The molecule has 0 aromatic heterocycles. The van der Waals surface area contributed by atoms with Crippen molar-refractivity contribution in [2.24, 2.45) is 5.92 Å². The van der Waals surface area contributed by atoms with E-state index in [4.69, 9.17) is 16.3 Å². The lowest BCUT2D eigenvalue weighted by Crippen LogP contribution is -2.40. The Morgan fingerprint density at radius 1 is 1.27 bits per heavy atom. The van der Waals surface area contributed by atoms with E-state index in [1.165, 1.54) is 5.56 Å². The van der Waals surface area contributed by atoms with E-state index in [0.717, 1.165) is 48.9 Å². The minimum absolute atomic E-state index is 0.00880. The van der Waals surface area contributed by atoms with Gasteiger partial charge >= 0.3 is 0 Å². The number of rotatable bonds is 6. The van der Waals surface area contributed by atoms with Crippen LogP contribution in [-0.2, 0) is 11.3 Å². The fraction of sp³-hybridized carbons (Fsp3) is 0.381. The third kappa shape index (κ3) is 5.23. The minimum Gasteiger partial charge on any atom is -0.494 e. The first kappa shape index (κ1) is 18.7. The van der Waals surface area contributed by atoms with Gasteiger partial charge in [-0.1, -0.05) is 23.7 Å². The molecule has 138 valence electrons. The number of ether oxygens (including phenoxy) is 1. The first-order chi connectivity index (χ1) is 12.6. The summed E-state index contributed by atoms with van der Waals surface area (Å²) in [5.41, 5.74) is 2.00. The summed E-state index contributed by atoms with van der Waals surface area (Å²) in [5, 5.41) is 3.79. The van der Waals surface area contributed by atoms with Gasteiger partial charge in [-0.25, -0.2) is 0 Å². The van der Waals surface area contributed by atoms with Crippen molar-refractivity contribution in [3.63, 3.8) is 0 Å². The summed E-state index contributed by atoms with van der Waals surface area (Å²) in [5.74, 6) is 0.912. The molecular weight excluding hydrogens is 348 g/mol. The zero-order valence-electron chi connectivity index (χ0n) is 15.1. The van der Waals surface area contributed by atoms with E-state index in [-0.39, 0.29) is 11.8 Å². The number of hydrogen-bond donors (Lipinski definition) is 1. The van der Waals surface area contributed by atoms with Gasteiger partial charge in [0.05, 0.1) is 12.5 Å². The van der Waals surface area contributed by atoms with Crippen LogP contribution >= 0.6 is 11.6 Å². The van der Waals surface area contributed by atoms with E-state index in [1.54, 1.807) is 0 Å². The average molecular weight is 373 g/mol. The van der Waals surface area contributed by atoms with Crippen LogP contribution in [0.1, 0.15) is 25.3 Å². The van der Waals surface area contributed by atoms with Crippen LogP contribution in [0.2, 0.25) is 5.02 Å². The predicted octanol–water partition coefficient (Wildman–Crippen LogP) is 4.59. The monoisotopic (exact) mass is 372 g/mol.